The maximum atomic E-state index is 10.2. The van der Waals surface area contributed by atoms with Gasteiger partial charge in [0.2, 0.25) is 6.08 Å². The monoisotopic (exact) mass is 163 g/mol. The molecule has 64 valence electrons. The Bertz CT molecular complexity index is 249. The highest BCUT2D eigenvalue weighted by Gasteiger charge is 2.24. The topological polar surface area (TPSA) is 29.4 Å². The van der Waals surface area contributed by atoms with Crippen molar-refractivity contribution in [2.24, 2.45) is 4.99 Å². The van der Waals surface area contributed by atoms with Crippen LogP contribution in [0.5, 0.6) is 0 Å². The van der Waals surface area contributed by atoms with E-state index in [0.29, 0.717) is 0 Å². The first-order valence-corrected chi connectivity index (χ1v) is 4.26. The Balaban J connectivity index is 2.79. The molecule has 0 aliphatic heterocycles. The van der Waals surface area contributed by atoms with Crippen molar-refractivity contribution >= 4 is 6.08 Å². The van der Waals surface area contributed by atoms with E-state index in [1.807, 2.05) is 24.3 Å². The lowest BCUT2D eigenvalue weighted by molar-refractivity contribution is 0.474. The Labute approximate surface area is 72.7 Å². The lowest BCUT2D eigenvalue weighted by Gasteiger charge is -2.24. The summed E-state index contributed by atoms with van der Waals surface area (Å²) in [6, 6.07) is 0. The first-order chi connectivity index (χ1) is 5.83. The van der Waals surface area contributed by atoms with Crippen LogP contribution in [0.3, 0.4) is 0 Å². The van der Waals surface area contributed by atoms with Gasteiger partial charge in [0.15, 0.2) is 0 Å². The molecule has 0 saturated heterocycles. The Kier molecular flexibility index (Phi) is 3.01. The lowest BCUT2D eigenvalue weighted by atomic mass is 9.88. The van der Waals surface area contributed by atoms with Crippen molar-refractivity contribution < 1.29 is 4.79 Å². The summed E-state index contributed by atoms with van der Waals surface area (Å²) in [7, 11) is 0. The van der Waals surface area contributed by atoms with E-state index in [1.54, 1.807) is 6.08 Å². The Morgan fingerprint density at radius 2 is 2.42 bits per heavy atom. The van der Waals surface area contributed by atoms with Crippen molar-refractivity contribution in [3.63, 3.8) is 0 Å². The maximum Gasteiger partial charge on any atom is 0.235 e. The van der Waals surface area contributed by atoms with Gasteiger partial charge >= 0.3 is 0 Å². The summed E-state index contributed by atoms with van der Waals surface area (Å²) in [5, 5.41) is 0. The van der Waals surface area contributed by atoms with Gasteiger partial charge in [-0.2, -0.15) is 4.99 Å². The molecule has 0 spiro atoms. The largest absolute Gasteiger partial charge is 0.235 e. The van der Waals surface area contributed by atoms with Crippen molar-refractivity contribution in [1.29, 1.82) is 0 Å². The first-order valence-electron chi connectivity index (χ1n) is 4.26. The quantitative estimate of drug-likeness (QED) is 0.464. The van der Waals surface area contributed by atoms with Gasteiger partial charge in [-0.05, 0) is 12.8 Å². The van der Waals surface area contributed by atoms with Crippen LogP contribution in [-0.2, 0) is 4.79 Å². The number of allylic oxidation sites excluding steroid dienone is 2. The van der Waals surface area contributed by atoms with Crippen LogP contribution in [0.2, 0.25) is 0 Å². The molecule has 1 aliphatic carbocycles. The summed E-state index contributed by atoms with van der Waals surface area (Å²) < 4.78 is 0. The number of rotatable bonds is 3. The summed E-state index contributed by atoms with van der Waals surface area (Å²) in [5.41, 5.74) is -0.286. The minimum atomic E-state index is -0.286. The van der Waals surface area contributed by atoms with Gasteiger partial charge in [-0.1, -0.05) is 37.6 Å². The minimum absolute atomic E-state index is 0.286. The zero-order chi connectivity index (χ0) is 8.86. The molecule has 1 atom stereocenters. The molecule has 0 fully saturated rings. The third-order valence-electron chi connectivity index (χ3n) is 2.08. The molecule has 0 N–H and O–H groups in total. The molecule has 0 saturated carbocycles. The standard InChI is InChI=1S/C10H13NO/c1-2-6-10(11-9-12)7-4-3-5-8-10/h3-5,7H,2,6,8H2,1H3. The second-order valence-corrected chi connectivity index (χ2v) is 3.05. The Hall–Kier alpha value is -1.14. The van der Waals surface area contributed by atoms with Gasteiger partial charge in [0, 0.05) is 0 Å². The van der Waals surface area contributed by atoms with Gasteiger partial charge < -0.3 is 0 Å². The van der Waals surface area contributed by atoms with Crippen LogP contribution in [0.1, 0.15) is 26.2 Å². The molecule has 2 nitrogen and oxygen atoms in total. The summed E-state index contributed by atoms with van der Waals surface area (Å²) in [4.78, 5) is 14.1. The normalized spacial score (nSPS) is 26.8. The molecule has 0 heterocycles. The average Bonchev–Trinajstić information content (AvgIpc) is 2.07. The zero-order valence-corrected chi connectivity index (χ0v) is 7.29. The highest BCUT2D eigenvalue weighted by molar-refractivity contribution is 5.38. The Morgan fingerprint density at radius 3 is 2.92 bits per heavy atom. The van der Waals surface area contributed by atoms with E-state index in [1.165, 1.54) is 0 Å². The fraction of sp³-hybridized carbons (Fsp3) is 0.500. The first kappa shape index (κ1) is 8.95. The highest BCUT2D eigenvalue weighted by Crippen LogP contribution is 2.27. The molecule has 0 aromatic heterocycles. The molecule has 1 aliphatic rings. The summed E-state index contributed by atoms with van der Waals surface area (Å²) in [6.07, 6.45) is 12.4. The van der Waals surface area contributed by atoms with Gasteiger partial charge in [-0.3, -0.25) is 0 Å². The molecule has 0 aromatic rings. The summed E-state index contributed by atoms with van der Waals surface area (Å²) in [6.45, 7) is 2.09. The number of aliphatic imine (C=N–C) groups is 1. The number of isocyanates is 1. The van der Waals surface area contributed by atoms with Crippen LogP contribution in [0, 0.1) is 0 Å². The molecule has 1 unspecified atom stereocenters. The van der Waals surface area contributed by atoms with Gasteiger partial charge in [0.25, 0.3) is 0 Å². The van der Waals surface area contributed by atoms with E-state index in [9.17, 15) is 4.79 Å². The molecule has 2 heteroatoms. The average molecular weight is 163 g/mol. The molecule has 0 radical (unpaired) electrons. The van der Waals surface area contributed by atoms with Gasteiger partial charge in [0.1, 0.15) is 0 Å². The molecule has 0 amide bonds. The summed E-state index contributed by atoms with van der Waals surface area (Å²) in [5.74, 6) is 0. The van der Waals surface area contributed by atoms with E-state index in [4.69, 9.17) is 0 Å². The number of hydrogen-bond acceptors (Lipinski definition) is 2. The van der Waals surface area contributed by atoms with Gasteiger partial charge in [-0.25, -0.2) is 4.79 Å². The van der Waals surface area contributed by atoms with Crippen molar-refractivity contribution in [3.05, 3.63) is 24.3 Å². The summed E-state index contributed by atoms with van der Waals surface area (Å²) >= 11 is 0. The molecular weight excluding hydrogens is 150 g/mol. The SMILES string of the molecule is CCCC1(N=C=O)C=CC=CC1. The van der Waals surface area contributed by atoms with Crippen LogP contribution < -0.4 is 0 Å². The van der Waals surface area contributed by atoms with Crippen molar-refractivity contribution in [3.8, 4) is 0 Å². The molecular formula is C10H13NO. The van der Waals surface area contributed by atoms with E-state index in [2.05, 4.69) is 11.9 Å². The lowest BCUT2D eigenvalue weighted by Crippen LogP contribution is -2.23. The van der Waals surface area contributed by atoms with Crippen molar-refractivity contribution in [2.75, 3.05) is 0 Å². The van der Waals surface area contributed by atoms with Crippen molar-refractivity contribution in [2.45, 2.75) is 31.7 Å². The third kappa shape index (κ3) is 1.93. The Morgan fingerprint density at radius 1 is 1.58 bits per heavy atom. The zero-order valence-electron chi connectivity index (χ0n) is 7.29. The predicted octanol–water partition coefficient (Wildman–Crippen LogP) is 2.38. The number of carbonyl (C=O) groups excluding carboxylic acids is 1. The third-order valence-corrected chi connectivity index (χ3v) is 2.08. The number of hydrogen-bond donors (Lipinski definition) is 0. The molecule has 0 bridgehead atoms. The fourth-order valence-corrected chi connectivity index (χ4v) is 1.50. The van der Waals surface area contributed by atoms with Gasteiger partial charge in [0.05, 0.1) is 5.54 Å². The van der Waals surface area contributed by atoms with Crippen LogP contribution in [0.25, 0.3) is 0 Å². The fourth-order valence-electron chi connectivity index (χ4n) is 1.50. The van der Waals surface area contributed by atoms with E-state index in [0.717, 1.165) is 19.3 Å². The molecule has 0 aromatic carbocycles. The van der Waals surface area contributed by atoms with E-state index >= 15 is 0 Å². The van der Waals surface area contributed by atoms with E-state index in [-0.39, 0.29) is 5.54 Å². The number of nitrogens with zero attached hydrogens (tertiary/aromatic N) is 1. The predicted molar refractivity (Wildman–Crippen MR) is 48.7 cm³/mol. The van der Waals surface area contributed by atoms with Crippen LogP contribution in [0.15, 0.2) is 29.3 Å². The minimum Gasteiger partial charge on any atom is -0.211 e. The highest BCUT2D eigenvalue weighted by atomic mass is 16.1. The van der Waals surface area contributed by atoms with E-state index < -0.39 is 0 Å². The smallest absolute Gasteiger partial charge is 0.211 e. The molecule has 12 heavy (non-hydrogen) atoms. The molecule has 1 rings (SSSR count). The van der Waals surface area contributed by atoms with Crippen LogP contribution >= 0.6 is 0 Å². The van der Waals surface area contributed by atoms with Crippen LogP contribution in [0.4, 0.5) is 0 Å². The second-order valence-electron chi connectivity index (χ2n) is 3.05. The second kappa shape index (κ2) is 4.03. The van der Waals surface area contributed by atoms with Gasteiger partial charge in [-0.15, -0.1) is 0 Å². The maximum absolute atomic E-state index is 10.2. The van der Waals surface area contributed by atoms with Crippen LogP contribution in [-0.4, -0.2) is 11.6 Å². The van der Waals surface area contributed by atoms with Crippen molar-refractivity contribution in [1.82, 2.24) is 0 Å².